The van der Waals surface area contributed by atoms with E-state index >= 15 is 0 Å². The predicted molar refractivity (Wildman–Crippen MR) is 28.8 cm³/mol. The summed E-state index contributed by atoms with van der Waals surface area (Å²) in [6.45, 7) is 0. The van der Waals surface area contributed by atoms with Crippen LogP contribution in [0.25, 0.3) is 0 Å². The molecule has 0 unspecified atom stereocenters. The van der Waals surface area contributed by atoms with Crippen LogP contribution in [0.5, 0.6) is 0 Å². The molecule has 0 amide bonds. The van der Waals surface area contributed by atoms with Gasteiger partial charge in [0, 0.05) is 0 Å². The van der Waals surface area contributed by atoms with Gasteiger partial charge in [-0.1, -0.05) is 4.80 Å². The van der Waals surface area contributed by atoms with Crippen molar-refractivity contribution in [1.29, 1.82) is 5.26 Å². The van der Waals surface area contributed by atoms with E-state index in [0.29, 0.717) is 0 Å². The van der Waals surface area contributed by atoms with E-state index in [0.717, 1.165) is 6.19 Å². The molecule has 1 aromatic heterocycles. The van der Waals surface area contributed by atoms with Crippen LogP contribution in [0.2, 0.25) is 0 Å². The Morgan fingerprint density at radius 1 is 1.21 bits per heavy atom. The minimum Gasteiger partial charge on any atom is -0.187 e. The van der Waals surface area contributed by atoms with Crippen molar-refractivity contribution in [2.75, 3.05) is 0 Å². The van der Waals surface area contributed by atoms with Crippen LogP contribution in [0, 0.1) is 11.5 Å². The number of rotatable bonds is 1. The number of alkyl halides is 5. The SMILES string of the molecule is N#Cn1nnc(C(F)(F)C(F)(F)F)n1. The Morgan fingerprint density at radius 2 is 1.79 bits per heavy atom. The second-order valence-corrected chi connectivity index (χ2v) is 2.07. The van der Waals surface area contributed by atoms with Crippen LogP contribution in [-0.2, 0) is 5.92 Å². The number of tetrazole rings is 1. The fourth-order valence-electron chi connectivity index (χ4n) is 0.509. The molecule has 1 heterocycles. The first-order valence-corrected chi connectivity index (χ1v) is 2.94. The molecule has 0 bridgehead atoms. The van der Waals surface area contributed by atoms with Crippen LogP contribution in [0.3, 0.4) is 0 Å². The normalized spacial score (nSPS) is 12.6. The highest BCUT2D eigenvalue weighted by molar-refractivity contribution is 4.96. The summed E-state index contributed by atoms with van der Waals surface area (Å²) in [5, 5.41) is 15.6. The van der Waals surface area contributed by atoms with Crippen LogP contribution in [-0.4, -0.2) is 26.4 Å². The maximum atomic E-state index is 12.4. The minimum atomic E-state index is -5.81. The largest absolute Gasteiger partial charge is 0.461 e. The number of aromatic nitrogens is 4. The molecular weight excluding hydrogens is 213 g/mol. The summed E-state index contributed by atoms with van der Waals surface area (Å²) < 4.78 is 59.8. The van der Waals surface area contributed by atoms with Gasteiger partial charge in [-0.3, -0.25) is 0 Å². The molecular formula is C4F5N5. The van der Waals surface area contributed by atoms with Crippen molar-refractivity contribution < 1.29 is 22.0 Å². The molecule has 0 atom stereocenters. The van der Waals surface area contributed by atoms with E-state index in [1.807, 2.05) is 0 Å². The zero-order chi connectivity index (χ0) is 11.0. The Labute approximate surface area is 72.7 Å². The van der Waals surface area contributed by atoms with Gasteiger partial charge >= 0.3 is 12.1 Å². The number of halogens is 5. The fraction of sp³-hybridized carbons (Fsp3) is 0.500. The van der Waals surface area contributed by atoms with E-state index in [9.17, 15) is 22.0 Å². The maximum absolute atomic E-state index is 12.4. The van der Waals surface area contributed by atoms with Crippen LogP contribution in [0.1, 0.15) is 5.82 Å². The molecule has 0 spiro atoms. The molecule has 1 aromatic rings. The first-order chi connectivity index (χ1) is 6.29. The third-order valence-electron chi connectivity index (χ3n) is 1.14. The first-order valence-electron chi connectivity index (χ1n) is 2.94. The molecule has 10 heteroatoms. The smallest absolute Gasteiger partial charge is 0.187 e. The van der Waals surface area contributed by atoms with Crippen LogP contribution in [0.4, 0.5) is 22.0 Å². The van der Waals surface area contributed by atoms with Gasteiger partial charge in [-0.05, 0) is 5.21 Å². The molecule has 5 nitrogen and oxygen atoms in total. The number of nitrogens with zero attached hydrogens (tertiary/aromatic N) is 5. The summed E-state index contributed by atoms with van der Waals surface area (Å²) >= 11 is 0. The summed E-state index contributed by atoms with van der Waals surface area (Å²) in [4.78, 5) is -0.0466. The van der Waals surface area contributed by atoms with Gasteiger partial charge in [-0.25, -0.2) is 0 Å². The van der Waals surface area contributed by atoms with Crippen molar-refractivity contribution in [3.05, 3.63) is 5.82 Å². The highest BCUT2D eigenvalue weighted by Gasteiger charge is 2.62. The van der Waals surface area contributed by atoms with E-state index < -0.39 is 17.9 Å². The third-order valence-corrected chi connectivity index (χ3v) is 1.14. The van der Waals surface area contributed by atoms with Crippen LogP contribution >= 0.6 is 0 Å². The standard InChI is InChI=1S/C4F5N5/c5-3(6,4(7,8)9)2-11-13-14(1-10)12-2. The molecule has 1 rings (SSSR count). The summed E-state index contributed by atoms with van der Waals surface area (Å²) in [5.41, 5.74) is 0. The third kappa shape index (κ3) is 1.48. The van der Waals surface area contributed by atoms with E-state index in [1.165, 1.54) is 0 Å². The van der Waals surface area contributed by atoms with Gasteiger partial charge in [0.25, 0.3) is 5.82 Å². The zero-order valence-corrected chi connectivity index (χ0v) is 6.13. The van der Waals surface area contributed by atoms with Gasteiger partial charge in [0.15, 0.2) is 0 Å². The predicted octanol–water partition coefficient (Wildman–Crippen LogP) is 0.656. The van der Waals surface area contributed by atoms with Crippen LogP contribution in [0.15, 0.2) is 0 Å². The quantitative estimate of drug-likeness (QED) is 0.642. The first kappa shape index (κ1) is 10.3. The molecule has 0 aliphatic carbocycles. The van der Waals surface area contributed by atoms with Crippen molar-refractivity contribution in [2.45, 2.75) is 12.1 Å². The molecule has 0 N–H and O–H groups in total. The summed E-state index contributed by atoms with van der Waals surface area (Å²) in [6, 6.07) is 0. The van der Waals surface area contributed by atoms with Crippen molar-refractivity contribution >= 4 is 0 Å². The Kier molecular flexibility index (Phi) is 2.10. The van der Waals surface area contributed by atoms with Crippen molar-refractivity contribution in [1.82, 2.24) is 20.2 Å². The van der Waals surface area contributed by atoms with E-state index in [-0.39, 0.29) is 4.80 Å². The maximum Gasteiger partial charge on any atom is 0.461 e. The van der Waals surface area contributed by atoms with E-state index in [1.54, 1.807) is 0 Å². The lowest BCUT2D eigenvalue weighted by Crippen LogP contribution is -2.34. The van der Waals surface area contributed by atoms with E-state index in [4.69, 9.17) is 5.26 Å². The average molecular weight is 213 g/mol. The van der Waals surface area contributed by atoms with Crippen molar-refractivity contribution in [3.63, 3.8) is 0 Å². The number of hydrogen-bond donors (Lipinski definition) is 0. The molecule has 0 fully saturated rings. The zero-order valence-electron chi connectivity index (χ0n) is 6.13. The molecule has 0 aliphatic rings. The number of hydrogen-bond acceptors (Lipinski definition) is 4. The number of nitriles is 1. The molecule has 76 valence electrons. The topological polar surface area (TPSA) is 67.4 Å². The molecule has 0 saturated heterocycles. The Hall–Kier alpha value is -1.79. The van der Waals surface area contributed by atoms with Gasteiger partial charge < -0.3 is 0 Å². The molecule has 14 heavy (non-hydrogen) atoms. The Morgan fingerprint density at radius 3 is 2.14 bits per heavy atom. The Bertz CT molecular complexity index is 372. The summed E-state index contributed by atoms with van der Waals surface area (Å²) in [6.07, 6.45) is -4.71. The Balaban J connectivity index is 3.11. The molecule has 0 aromatic carbocycles. The van der Waals surface area contributed by atoms with Crippen LogP contribution < -0.4 is 0 Å². The lowest BCUT2D eigenvalue weighted by Gasteiger charge is -2.14. The van der Waals surface area contributed by atoms with Gasteiger partial charge in [0.1, 0.15) is 0 Å². The van der Waals surface area contributed by atoms with E-state index in [2.05, 4.69) is 15.4 Å². The van der Waals surface area contributed by atoms with Crippen molar-refractivity contribution in [2.24, 2.45) is 0 Å². The second-order valence-electron chi connectivity index (χ2n) is 2.07. The van der Waals surface area contributed by atoms with Gasteiger partial charge in [-0.15, -0.1) is 10.2 Å². The molecule has 0 aliphatic heterocycles. The average Bonchev–Trinajstić information content (AvgIpc) is 2.49. The van der Waals surface area contributed by atoms with Gasteiger partial charge in [0.05, 0.1) is 0 Å². The fourth-order valence-corrected chi connectivity index (χ4v) is 0.509. The molecule has 0 saturated carbocycles. The summed E-state index contributed by atoms with van der Waals surface area (Å²) in [7, 11) is 0. The second kappa shape index (κ2) is 2.86. The summed E-state index contributed by atoms with van der Waals surface area (Å²) in [5.74, 6) is -7.06. The highest BCUT2D eigenvalue weighted by Crippen LogP contribution is 2.41. The lowest BCUT2D eigenvalue weighted by atomic mass is 10.3. The minimum absolute atomic E-state index is 0.0466. The monoisotopic (exact) mass is 213 g/mol. The van der Waals surface area contributed by atoms with Gasteiger partial charge in [0.2, 0.25) is 6.19 Å². The lowest BCUT2D eigenvalue weighted by molar-refractivity contribution is -0.292. The molecule has 0 radical (unpaired) electrons. The highest BCUT2D eigenvalue weighted by atomic mass is 19.4. The van der Waals surface area contributed by atoms with Crippen molar-refractivity contribution in [3.8, 4) is 6.19 Å². The van der Waals surface area contributed by atoms with Gasteiger partial charge in [-0.2, -0.15) is 27.2 Å².